The number of amides is 1. The largest absolute Gasteiger partial charge is 0.484 e. The molecule has 0 bridgehead atoms. The average molecular weight is 470 g/mol. The number of carbonyl (C=O) groups is 1. The maximum atomic E-state index is 12.6. The van der Waals surface area contributed by atoms with Crippen molar-refractivity contribution >= 4 is 62.1 Å². The van der Waals surface area contributed by atoms with E-state index in [-0.39, 0.29) is 29.8 Å². The molecule has 0 aliphatic carbocycles. The minimum Gasteiger partial charge on any atom is -0.484 e. The molecule has 1 aliphatic rings. The number of sulfonamides is 1. The number of nitrogens with zero attached hydrogens (tertiary/aromatic N) is 2. The van der Waals surface area contributed by atoms with E-state index in [9.17, 15) is 13.2 Å². The fourth-order valence-electron chi connectivity index (χ4n) is 2.54. The van der Waals surface area contributed by atoms with E-state index in [1.807, 2.05) is 0 Å². The molecular weight excluding hydrogens is 455 g/mol. The molecule has 3 rings (SSSR count). The quantitative estimate of drug-likeness (QED) is 0.671. The lowest BCUT2D eigenvalue weighted by Gasteiger charge is -2.33. The van der Waals surface area contributed by atoms with Crippen LogP contribution in [0.2, 0.25) is 14.4 Å². The van der Waals surface area contributed by atoms with Gasteiger partial charge < -0.3 is 9.64 Å². The summed E-state index contributed by atoms with van der Waals surface area (Å²) in [6.07, 6.45) is 0. The fraction of sp³-hybridized carbons (Fsp3) is 0.312. The van der Waals surface area contributed by atoms with Crippen LogP contribution in [0.15, 0.2) is 34.5 Å². The van der Waals surface area contributed by atoms with Crippen LogP contribution in [0.1, 0.15) is 0 Å². The van der Waals surface area contributed by atoms with Crippen LogP contribution in [0.4, 0.5) is 0 Å². The van der Waals surface area contributed by atoms with Crippen molar-refractivity contribution in [1.82, 2.24) is 9.21 Å². The van der Waals surface area contributed by atoms with E-state index in [0.717, 1.165) is 11.3 Å². The third-order valence-corrected chi connectivity index (χ3v) is 8.32. The van der Waals surface area contributed by atoms with E-state index in [2.05, 4.69) is 0 Å². The van der Waals surface area contributed by atoms with Crippen molar-refractivity contribution in [1.29, 1.82) is 0 Å². The summed E-state index contributed by atoms with van der Waals surface area (Å²) >= 11 is 18.6. The van der Waals surface area contributed by atoms with Gasteiger partial charge in [0, 0.05) is 32.2 Å². The molecule has 11 heteroatoms. The first-order chi connectivity index (χ1) is 12.8. The Labute approximate surface area is 176 Å². The van der Waals surface area contributed by atoms with Crippen molar-refractivity contribution < 1.29 is 17.9 Å². The highest BCUT2D eigenvalue weighted by Crippen LogP contribution is 2.29. The summed E-state index contributed by atoms with van der Waals surface area (Å²) in [6.45, 7) is 0.863. The van der Waals surface area contributed by atoms with Gasteiger partial charge in [-0.2, -0.15) is 4.31 Å². The van der Waals surface area contributed by atoms with E-state index >= 15 is 0 Å². The predicted molar refractivity (Wildman–Crippen MR) is 107 cm³/mol. The SMILES string of the molecule is O=C(COc1ccc(Cl)c(Cl)c1)N1CCN(S(=O)(=O)c2ccc(Cl)s2)CC1. The molecule has 0 atom stereocenters. The molecule has 1 fully saturated rings. The number of hydrogen-bond acceptors (Lipinski definition) is 5. The van der Waals surface area contributed by atoms with Gasteiger partial charge in [0.1, 0.15) is 9.96 Å². The van der Waals surface area contributed by atoms with Crippen molar-refractivity contribution in [3.8, 4) is 5.75 Å². The number of carbonyl (C=O) groups excluding carboxylic acids is 1. The lowest BCUT2D eigenvalue weighted by molar-refractivity contribution is -0.134. The van der Waals surface area contributed by atoms with Gasteiger partial charge in [-0.05, 0) is 24.3 Å². The van der Waals surface area contributed by atoms with Gasteiger partial charge in [-0.1, -0.05) is 34.8 Å². The highest BCUT2D eigenvalue weighted by molar-refractivity contribution is 7.91. The number of benzene rings is 1. The van der Waals surface area contributed by atoms with Crippen LogP contribution in [-0.2, 0) is 14.8 Å². The summed E-state index contributed by atoms with van der Waals surface area (Å²) in [4.78, 5) is 13.9. The lowest BCUT2D eigenvalue weighted by Crippen LogP contribution is -2.51. The molecule has 1 aromatic heterocycles. The summed E-state index contributed by atoms with van der Waals surface area (Å²) in [7, 11) is -3.58. The molecule has 2 aromatic rings. The van der Waals surface area contributed by atoms with E-state index in [4.69, 9.17) is 39.5 Å². The Bertz CT molecular complexity index is 941. The molecule has 0 radical (unpaired) electrons. The maximum Gasteiger partial charge on any atom is 0.260 e. The highest BCUT2D eigenvalue weighted by atomic mass is 35.5. The van der Waals surface area contributed by atoms with Gasteiger partial charge >= 0.3 is 0 Å². The van der Waals surface area contributed by atoms with Gasteiger partial charge in [-0.15, -0.1) is 11.3 Å². The minimum atomic E-state index is -3.58. The number of halogens is 3. The molecule has 27 heavy (non-hydrogen) atoms. The smallest absolute Gasteiger partial charge is 0.260 e. The second-order valence-corrected chi connectivity index (χ2v) is 10.4. The molecule has 0 spiro atoms. The molecule has 0 N–H and O–H groups in total. The summed E-state index contributed by atoms with van der Waals surface area (Å²) in [5.41, 5.74) is 0. The molecule has 0 saturated carbocycles. The summed E-state index contributed by atoms with van der Waals surface area (Å²) < 4.78 is 32.6. The molecule has 1 aliphatic heterocycles. The standard InChI is InChI=1S/C16H15Cl3N2O4S2/c17-12-2-1-11(9-13(12)18)25-10-15(22)20-5-7-21(8-6-20)27(23,24)16-4-3-14(19)26-16/h1-4,9H,5-8,10H2. The first-order valence-electron chi connectivity index (χ1n) is 7.88. The topological polar surface area (TPSA) is 66.9 Å². The van der Waals surface area contributed by atoms with E-state index in [0.29, 0.717) is 33.2 Å². The molecule has 146 valence electrons. The normalized spacial score (nSPS) is 15.7. The number of rotatable bonds is 5. The first kappa shape index (κ1) is 20.7. The molecule has 1 amide bonds. The number of thiophene rings is 1. The zero-order chi connectivity index (χ0) is 19.6. The second-order valence-electron chi connectivity index (χ2n) is 5.71. The molecule has 2 heterocycles. The third kappa shape index (κ3) is 4.88. The summed E-state index contributed by atoms with van der Waals surface area (Å²) in [5, 5.41) is 0.744. The highest BCUT2D eigenvalue weighted by Gasteiger charge is 2.31. The fourth-order valence-corrected chi connectivity index (χ4v) is 5.89. The summed E-state index contributed by atoms with van der Waals surface area (Å²) in [5.74, 6) is 0.214. The van der Waals surface area contributed by atoms with Gasteiger partial charge in [-0.25, -0.2) is 8.42 Å². The van der Waals surface area contributed by atoms with Gasteiger partial charge in [0.15, 0.2) is 6.61 Å². The molecule has 1 aromatic carbocycles. The second kappa shape index (κ2) is 8.55. The molecule has 1 saturated heterocycles. The van der Waals surface area contributed by atoms with Crippen LogP contribution in [0, 0.1) is 0 Å². The Balaban J connectivity index is 1.54. The van der Waals surface area contributed by atoms with Crippen LogP contribution in [0.5, 0.6) is 5.75 Å². The van der Waals surface area contributed by atoms with Gasteiger partial charge in [0.05, 0.1) is 14.4 Å². The zero-order valence-corrected chi connectivity index (χ0v) is 17.8. The first-order valence-corrected chi connectivity index (χ1v) is 11.3. The lowest BCUT2D eigenvalue weighted by atomic mass is 10.3. The van der Waals surface area contributed by atoms with E-state index < -0.39 is 10.0 Å². The number of piperazine rings is 1. The van der Waals surface area contributed by atoms with Crippen LogP contribution >= 0.6 is 46.1 Å². The van der Waals surface area contributed by atoms with Gasteiger partial charge in [-0.3, -0.25) is 4.79 Å². The average Bonchev–Trinajstić information content (AvgIpc) is 3.10. The molecule has 6 nitrogen and oxygen atoms in total. The molecule has 0 unspecified atom stereocenters. The molecular formula is C16H15Cl3N2O4S2. The predicted octanol–water partition coefficient (Wildman–Crippen LogP) is 3.62. The Morgan fingerprint density at radius 1 is 1.04 bits per heavy atom. The van der Waals surface area contributed by atoms with Crippen molar-refractivity contribution in [2.24, 2.45) is 0 Å². The Hall–Kier alpha value is -1.03. The minimum absolute atomic E-state index is 0.161. The van der Waals surface area contributed by atoms with Crippen molar-refractivity contribution in [2.75, 3.05) is 32.8 Å². The Morgan fingerprint density at radius 3 is 2.33 bits per heavy atom. The van der Waals surface area contributed by atoms with Gasteiger partial charge in [0.2, 0.25) is 0 Å². The third-order valence-electron chi connectivity index (χ3n) is 3.99. The van der Waals surface area contributed by atoms with Crippen LogP contribution in [0.25, 0.3) is 0 Å². The summed E-state index contributed by atoms with van der Waals surface area (Å²) in [6, 6.07) is 7.79. The Kier molecular flexibility index (Phi) is 6.55. The Morgan fingerprint density at radius 2 is 1.74 bits per heavy atom. The van der Waals surface area contributed by atoms with Crippen molar-refractivity contribution in [2.45, 2.75) is 4.21 Å². The van der Waals surface area contributed by atoms with Crippen LogP contribution in [0.3, 0.4) is 0 Å². The van der Waals surface area contributed by atoms with Crippen molar-refractivity contribution in [3.63, 3.8) is 0 Å². The van der Waals surface area contributed by atoms with Gasteiger partial charge in [0.25, 0.3) is 15.9 Å². The van der Waals surface area contributed by atoms with E-state index in [1.165, 1.54) is 16.4 Å². The van der Waals surface area contributed by atoms with E-state index in [1.54, 1.807) is 23.1 Å². The van der Waals surface area contributed by atoms with Crippen molar-refractivity contribution in [3.05, 3.63) is 44.7 Å². The van der Waals surface area contributed by atoms with Crippen LogP contribution < -0.4 is 4.74 Å². The monoisotopic (exact) mass is 468 g/mol. The maximum absolute atomic E-state index is 12.6. The number of ether oxygens (including phenoxy) is 1. The number of hydrogen-bond donors (Lipinski definition) is 0. The van der Waals surface area contributed by atoms with Crippen LogP contribution in [-0.4, -0.2) is 56.3 Å². The zero-order valence-electron chi connectivity index (χ0n) is 13.9.